The molecule has 2 heteroatoms. The quantitative estimate of drug-likeness (QED) is 0.384. The Morgan fingerprint density at radius 1 is 1.06 bits per heavy atom. The van der Waals surface area contributed by atoms with Crippen molar-refractivity contribution in [1.29, 1.82) is 0 Å². The lowest BCUT2D eigenvalue weighted by atomic mass is 10.1. The third-order valence-electron chi connectivity index (χ3n) is 2.62. The molecule has 0 saturated carbocycles. The van der Waals surface area contributed by atoms with Gasteiger partial charge in [-0.15, -0.1) is 0 Å². The van der Waals surface area contributed by atoms with Crippen molar-refractivity contribution >= 4 is 28.4 Å². The molecule has 0 aromatic heterocycles. The van der Waals surface area contributed by atoms with Gasteiger partial charge in [-0.1, -0.05) is 32.3 Å². The smallest absolute Gasteiger partial charge is 0.129 e. The molecule has 0 rings (SSSR count). The van der Waals surface area contributed by atoms with Crippen molar-refractivity contribution in [2.45, 2.75) is 71.6 Å². The van der Waals surface area contributed by atoms with Crippen LogP contribution < -0.4 is 0 Å². The number of carbonyl (C=O) groups excluding carboxylic acids is 1. The number of ketones is 1. The van der Waals surface area contributed by atoms with Gasteiger partial charge in [0.1, 0.15) is 5.78 Å². The van der Waals surface area contributed by atoms with Crippen LogP contribution >= 0.6 is 22.6 Å². The zero-order valence-corrected chi connectivity index (χ0v) is 12.9. The summed E-state index contributed by atoms with van der Waals surface area (Å²) in [5.74, 6) is 0.324. The first-order valence-electron chi connectivity index (χ1n) is 6.50. The van der Waals surface area contributed by atoms with Crippen LogP contribution in [-0.2, 0) is 4.79 Å². The average molecular weight is 336 g/mol. The minimum atomic E-state index is 0.324. The summed E-state index contributed by atoms with van der Waals surface area (Å²) in [5.41, 5.74) is 0. The fourth-order valence-electron chi connectivity index (χ4n) is 1.60. The van der Waals surface area contributed by atoms with Gasteiger partial charge < -0.3 is 4.79 Å². The number of hydrogen-bond donors (Lipinski definition) is 0. The third-order valence-corrected chi connectivity index (χ3v) is 3.60. The Kier molecular flexibility index (Phi) is 11.7. The highest BCUT2D eigenvalue weighted by molar-refractivity contribution is 14.1. The molecule has 0 bridgehead atoms. The van der Waals surface area contributed by atoms with Gasteiger partial charge in [0.15, 0.2) is 0 Å². The summed E-state index contributed by atoms with van der Waals surface area (Å²) in [6.45, 7) is 3.92. The molecular formula is C14H25IO. The van der Waals surface area contributed by atoms with Crippen LogP contribution in [0, 0.1) is 0 Å². The summed E-state index contributed by atoms with van der Waals surface area (Å²) in [4.78, 5) is 10.7. The summed E-state index contributed by atoms with van der Waals surface area (Å²) < 4.78 is 1.50. The molecule has 0 aliphatic rings. The Labute approximate surface area is 114 Å². The zero-order valence-electron chi connectivity index (χ0n) is 10.7. The summed E-state index contributed by atoms with van der Waals surface area (Å²) in [7, 11) is 0. The van der Waals surface area contributed by atoms with E-state index in [4.69, 9.17) is 0 Å². The maximum Gasteiger partial charge on any atom is 0.129 e. The normalized spacial score (nSPS) is 11.8. The van der Waals surface area contributed by atoms with Crippen molar-refractivity contribution in [3.63, 3.8) is 0 Å². The van der Waals surface area contributed by atoms with Gasteiger partial charge in [0.05, 0.1) is 0 Å². The fraction of sp³-hybridized carbons (Fsp3) is 0.786. The van der Waals surface area contributed by atoms with Crippen LogP contribution in [0.25, 0.3) is 0 Å². The van der Waals surface area contributed by atoms with E-state index in [1.165, 1.54) is 48.5 Å². The topological polar surface area (TPSA) is 17.1 Å². The summed E-state index contributed by atoms with van der Waals surface area (Å²) >= 11 is 2.45. The summed E-state index contributed by atoms with van der Waals surface area (Å²) in [6.07, 6.45) is 13.0. The second-order valence-electron chi connectivity index (χ2n) is 4.41. The van der Waals surface area contributed by atoms with Crippen LogP contribution in [-0.4, -0.2) is 5.78 Å². The first-order valence-corrected chi connectivity index (χ1v) is 7.58. The number of rotatable bonds is 10. The number of halogens is 1. The molecule has 0 atom stereocenters. The molecule has 1 nitrogen and oxygen atoms in total. The number of allylic oxidation sites excluding steroid dienone is 2. The van der Waals surface area contributed by atoms with Gasteiger partial charge in [0.2, 0.25) is 0 Å². The second kappa shape index (κ2) is 11.6. The number of carbonyl (C=O) groups is 1. The molecule has 0 spiro atoms. The van der Waals surface area contributed by atoms with Crippen LogP contribution in [0.3, 0.4) is 0 Å². The van der Waals surface area contributed by atoms with E-state index in [2.05, 4.69) is 35.6 Å². The lowest BCUT2D eigenvalue weighted by Crippen LogP contribution is -1.89. The third kappa shape index (κ3) is 12.2. The van der Waals surface area contributed by atoms with E-state index in [9.17, 15) is 4.79 Å². The molecule has 0 aliphatic carbocycles. The van der Waals surface area contributed by atoms with Gasteiger partial charge in [0.25, 0.3) is 0 Å². The molecule has 16 heavy (non-hydrogen) atoms. The monoisotopic (exact) mass is 336 g/mol. The molecule has 0 aromatic carbocycles. The van der Waals surface area contributed by atoms with Crippen LogP contribution in [0.5, 0.6) is 0 Å². The molecule has 0 radical (unpaired) electrons. The van der Waals surface area contributed by atoms with Crippen LogP contribution in [0.4, 0.5) is 0 Å². The Morgan fingerprint density at radius 3 is 2.38 bits per heavy atom. The van der Waals surface area contributed by atoms with Gasteiger partial charge in [-0.2, -0.15) is 0 Å². The van der Waals surface area contributed by atoms with E-state index in [1.807, 2.05) is 0 Å². The van der Waals surface area contributed by atoms with Crippen molar-refractivity contribution in [3.05, 3.63) is 9.66 Å². The predicted octanol–water partition coefficient (Wildman–Crippen LogP) is 5.43. The van der Waals surface area contributed by atoms with Crippen LogP contribution in [0.1, 0.15) is 71.6 Å². The first-order chi connectivity index (χ1) is 7.66. The van der Waals surface area contributed by atoms with E-state index < -0.39 is 0 Å². The van der Waals surface area contributed by atoms with Crippen molar-refractivity contribution < 1.29 is 4.79 Å². The van der Waals surface area contributed by atoms with E-state index in [0.717, 1.165) is 12.8 Å². The van der Waals surface area contributed by atoms with Crippen molar-refractivity contribution in [2.24, 2.45) is 0 Å². The Balaban J connectivity index is 3.34. The molecule has 0 amide bonds. The maximum absolute atomic E-state index is 10.7. The van der Waals surface area contributed by atoms with E-state index in [0.29, 0.717) is 5.78 Å². The minimum Gasteiger partial charge on any atom is -0.300 e. The van der Waals surface area contributed by atoms with Gasteiger partial charge in [-0.3, -0.25) is 0 Å². The highest BCUT2D eigenvalue weighted by Gasteiger charge is 1.96. The van der Waals surface area contributed by atoms with Crippen LogP contribution in [0.15, 0.2) is 9.66 Å². The molecular weight excluding hydrogens is 311 g/mol. The highest BCUT2D eigenvalue weighted by Crippen LogP contribution is 2.18. The van der Waals surface area contributed by atoms with Gasteiger partial charge >= 0.3 is 0 Å². The van der Waals surface area contributed by atoms with Gasteiger partial charge in [0, 0.05) is 6.42 Å². The van der Waals surface area contributed by atoms with Gasteiger partial charge in [-0.25, -0.2) is 0 Å². The van der Waals surface area contributed by atoms with Crippen molar-refractivity contribution in [1.82, 2.24) is 0 Å². The molecule has 0 aromatic rings. The predicted molar refractivity (Wildman–Crippen MR) is 80.0 cm³/mol. The minimum absolute atomic E-state index is 0.324. The molecule has 0 fully saturated rings. The maximum atomic E-state index is 10.7. The standard InChI is InChI=1S/C14H25IO/c1-3-4-5-8-11-14(15)12-9-6-7-10-13(2)16/h11H,3-10,12H2,1-2H3/b14-11-. The number of unbranched alkanes of at least 4 members (excludes halogenated alkanes) is 5. The molecule has 0 unspecified atom stereocenters. The molecule has 0 heterocycles. The van der Waals surface area contributed by atoms with Crippen molar-refractivity contribution in [2.75, 3.05) is 0 Å². The second-order valence-corrected chi connectivity index (χ2v) is 5.80. The lowest BCUT2D eigenvalue weighted by Gasteiger charge is -2.00. The average Bonchev–Trinajstić information content (AvgIpc) is 2.23. The van der Waals surface area contributed by atoms with Crippen molar-refractivity contribution in [3.8, 4) is 0 Å². The SMILES string of the molecule is CCCCC/C=C(\I)CCCCCC(C)=O. The van der Waals surface area contributed by atoms with Crippen LogP contribution in [0.2, 0.25) is 0 Å². The lowest BCUT2D eigenvalue weighted by molar-refractivity contribution is -0.117. The molecule has 0 N–H and O–H groups in total. The zero-order chi connectivity index (χ0) is 12.2. The number of Topliss-reactive ketones (excluding diaryl/α,β-unsaturated/α-hetero) is 1. The Bertz CT molecular complexity index is 209. The molecule has 0 aliphatic heterocycles. The number of hydrogen-bond acceptors (Lipinski definition) is 1. The van der Waals surface area contributed by atoms with Gasteiger partial charge in [-0.05, 0) is 65.2 Å². The Hall–Kier alpha value is 0.140. The summed E-state index contributed by atoms with van der Waals surface area (Å²) in [6, 6.07) is 0. The van der Waals surface area contributed by atoms with E-state index in [-0.39, 0.29) is 0 Å². The molecule has 94 valence electrons. The molecule has 0 saturated heterocycles. The highest BCUT2D eigenvalue weighted by atomic mass is 127. The fourth-order valence-corrected chi connectivity index (χ4v) is 2.29. The van der Waals surface area contributed by atoms with E-state index >= 15 is 0 Å². The summed E-state index contributed by atoms with van der Waals surface area (Å²) in [5, 5.41) is 0. The van der Waals surface area contributed by atoms with E-state index in [1.54, 1.807) is 6.92 Å². The first kappa shape index (κ1) is 16.1. The largest absolute Gasteiger partial charge is 0.300 e. The Morgan fingerprint density at radius 2 is 1.75 bits per heavy atom.